The second-order valence-electron chi connectivity index (χ2n) is 7.11. The van der Waals surface area contributed by atoms with Crippen molar-refractivity contribution in [2.75, 3.05) is 18.4 Å². The molecule has 0 spiro atoms. The highest BCUT2D eigenvalue weighted by molar-refractivity contribution is 9.10. The van der Waals surface area contributed by atoms with Crippen LogP contribution < -0.4 is 10.1 Å². The molecule has 30 heavy (non-hydrogen) atoms. The van der Waals surface area contributed by atoms with E-state index in [0.29, 0.717) is 31.7 Å². The minimum atomic E-state index is -0.0870. The van der Waals surface area contributed by atoms with Crippen molar-refractivity contribution in [3.63, 3.8) is 0 Å². The number of thiophene rings is 1. The Balaban J connectivity index is 1.28. The number of carbonyl (C=O) groups is 2. The molecule has 3 aromatic rings. The average molecular weight is 485 g/mol. The minimum Gasteiger partial charge on any atom is -0.457 e. The fourth-order valence-electron chi connectivity index (χ4n) is 3.39. The van der Waals surface area contributed by atoms with Crippen LogP contribution >= 0.6 is 27.3 Å². The third kappa shape index (κ3) is 5.09. The number of hydrogen-bond donors (Lipinski definition) is 1. The second-order valence-corrected chi connectivity index (χ2v) is 8.98. The summed E-state index contributed by atoms with van der Waals surface area (Å²) in [6.45, 7) is 1.21. The van der Waals surface area contributed by atoms with E-state index in [1.54, 1.807) is 0 Å². The van der Waals surface area contributed by atoms with Crippen LogP contribution in [0, 0.1) is 5.92 Å². The van der Waals surface area contributed by atoms with E-state index in [1.807, 2.05) is 70.9 Å². The molecule has 5 nitrogen and oxygen atoms in total. The molecule has 0 atom stereocenters. The van der Waals surface area contributed by atoms with Crippen molar-refractivity contribution in [3.8, 4) is 11.5 Å². The SMILES string of the molecule is O=C(Nc1ccc(Oc2ccc(Br)cc2)cc1)C1CCN(C(=O)c2cccs2)CC1. The van der Waals surface area contributed by atoms with Crippen molar-refractivity contribution in [1.82, 2.24) is 4.90 Å². The number of nitrogens with one attached hydrogen (secondary N) is 1. The maximum atomic E-state index is 12.6. The number of rotatable bonds is 5. The van der Waals surface area contributed by atoms with Crippen molar-refractivity contribution in [3.05, 3.63) is 75.4 Å². The summed E-state index contributed by atoms with van der Waals surface area (Å²) in [6.07, 6.45) is 1.35. The van der Waals surface area contributed by atoms with Crippen LogP contribution in [0.4, 0.5) is 5.69 Å². The van der Waals surface area contributed by atoms with Gasteiger partial charge in [0.2, 0.25) is 5.91 Å². The van der Waals surface area contributed by atoms with Gasteiger partial charge >= 0.3 is 0 Å². The van der Waals surface area contributed by atoms with E-state index < -0.39 is 0 Å². The lowest BCUT2D eigenvalue weighted by molar-refractivity contribution is -0.121. The van der Waals surface area contributed by atoms with Gasteiger partial charge in [-0.3, -0.25) is 9.59 Å². The van der Waals surface area contributed by atoms with E-state index in [2.05, 4.69) is 21.2 Å². The third-order valence-electron chi connectivity index (χ3n) is 5.06. The van der Waals surface area contributed by atoms with Gasteiger partial charge in [-0.25, -0.2) is 0 Å². The Morgan fingerprint density at radius 1 is 0.967 bits per heavy atom. The van der Waals surface area contributed by atoms with E-state index in [9.17, 15) is 9.59 Å². The maximum Gasteiger partial charge on any atom is 0.263 e. The van der Waals surface area contributed by atoms with Crippen LogP contribution in [0.3, 0.4) is 0 Å². The van der Waals surface area contributed by atoms with Crippen LogP contribution in [0.25, 0.3) is 0 Å². The highest BCUT2D eigenvalue weighted by atomic mass is 79.9. The first-order valence-electron chi connectivity index (χ1n) is 9.75. The maximum absolute atomic E-state index is 12.6. The van der Waals surface area contributed by atoms with Gasteiger partial charge in [0.05, 0.1) is 4.88 Å². The third-order valence-corrected chi connectivity index (χ3v) is 6.44. The predicted octanol–water partition coefficient (Wildman–Crippen LogP) is 5.79. The lowest BCUT2D eigenvalue weighted by Crippen LogP contribution is -2.41. The molecular formula is C23H21BrN2O3S. The monoisotopic (exact) mass is 484 g/mol. The number of piperidine rings is 1. The summed E-state index contributed by atoms with van der Waals surface area (Å²) >= 11 is 4.85. The summed E-state index contributed by atoms with van der Waals surface area (Å²) in [6, 6.07) is 18.7. The van der Waals surface area contributed by atoms with Gasteiger partial charge in [0.15, 0.2) is 0 Å². The molecule has 0 bridgehead atoms. The molecule has 4 rings (SSSR count). The van der Waals surface area contributed by atoms with E-state index in [0.717, 1.165) is 20.8 Å². The fraction of sp³-hybridized carbons (Fsp3) is 0.217. The van der Waals surface area contributed by atoms with Crippen LogP contribution in [0.2, 0.25) is 0 Å². The molecule has 1 aromatic heterocycles. The van der Waals surface area contributed by atoms with Crippen LogP contribution in [0.5, 0.6) is 11.5 Å². The zero-order valence-corrected chi connectivity index (χ0v) is 18.6. The summed E-state index contributed by atoms with van der Waals surface area (Å²) in [4.78, 5) is 27.7. The second kappa shape index (κ2) is 9.45. The smallest absolute Gasteiger partial charge is 0.263 e. The zero-order valence-electron chi connectivity index (χ0n) is 16.2. The molecule has 1 N–H and O–H groups in total. The first-order valence-corrected chi connectivity index (χ1v) is 11.4. The van der Waals surface area contributed by atoms with Crippen molar-refractivity contribution in [2.24, 2.45) is 5.92 Å². The van der Waals surface area contributed by atoms with Crippen LogP contribution in [0.1, 0.15) is 22.5 Å². The fourth-order valence-corrected chi connectivity index (χ4v) is 4.35. The lowest BCUT2D eigenvalue weighted by atomic mass is 9.95. The Morgan fingerprint density at radius 3 is 2.20 bits per heavy atom. The number of carbonyl (C=O) groups excluding carboxylic acids is 2. The normalized spacial score (nSPS) is 14.4. The molecule has 1 saturated heterocycles. The molecule has 154 valence electrons. The van der Waals surface area contributed by atoms with Crippen molar-refractivity contribution >= 4 is 44.8 Å². The summed E-state index contributed by atoms with van der Waals surface area (Å²) in [5.74, 6) is 1.43. The molecule has 7 heteroatoms. The van der Waals surface area contributed by atoms with Crippen LogP contribution in [-0.2, 0) is 4.79 Å². The van der Waals surface area contributed by atoms with Gasteiger partial charge in [-0.2, -0.15) is 0 Å². The Labute approximate surface area is 187 Å². The molecule has 0 saturated carbocycles. The molecule has 2 aromatic carbocycles. The predicted molar refractivity (Wildman–Crippen MR) is 122 cm³/mol. The number of likely N-dealkylation sites (tertiary alicyclic amines) is 1. The number of amides is 2. The number of benzene rings is 2. The van der Waals surface area contributed by atoms with Crippen LogP contribution in [0.15, 0.2) is 70.5 Å². The van der Waals surface area contributed by atoms with E-state index in [4.69, 9.17) is 4.74 Å². The molecular weight excluding hydrogens is 464 g/mol. The Hall–Kier alpha value is -2.64. The molecule has 2 amide bonds. The Morgan fingerprint density at radius 2 is 1.60 bits per heavy atom. The zero-order chi connectivity index (χ0) is 20.9. The number of ether oxygens (including phenoxy) is 1. The standard InChI is InChI=1S/C23H21BrN2O3S/c24-17-3-7-19(8-4-17)29-20-9-5-18(6-10-20)25-22(27)16-11-13-26(14-12-16)23(28)21-2-1-15-30-21/h1-10,15-16H,11-14H2,(H,25,27). The van der Waals surface area contributed by atoms with Gasteiger partial charge < -0.3 is 15.0 Å². The van der Waals surface area contributed by atoms with Gasteiger partial charge in [-0.05, 0) is 72.8 Å². The summed E-state index contributed by atoms with van der Waals surface area (Å²) in [5.41, 5.74) is 0.736. The van der Waals surface area contributed by atoms with Crippen molar-refractivity contribution in [2.45, 2.75) is 12.8 Å². The van der Waals surface area contributed by atoms with Gasteiger partial charge in [0.25, 0.3) is 5.91 Å². The van der Waals surface area contributed by atoms with Crippen molar-refractivity contribution in [1.29, 1.82) is 0 Å². The van der Waals surface area contributed by atoms with Gasteiger partial charge in [-0.15, -0.1) is 11.3 Å². The molecule has 0 unspecified atom stereocenters. The number of nitrogens with zero attached hydrogens (tertiary/aromatic N) is 1. The highest BCUT2D eigenvalue weighted by Crippen LogP contribution is 2.26. The molecule has 2 heterocycles. The molecule has 1 aliphatic rings. The van der Waals surface area contributed by atoms with E-state index in [-0.39, 0.29) is 17.7 Å². The van der Waals surface area contributed by atoms with Crippen LogP contribution in [-0.4, -0.2) is 29.8 Å². The number of anilines is 1. The summed E-state index contributed by atoms with van der Waals surface area (Å²) in [5, 5.41) is 4.89. The van der Waals surface area contributed by atoms with Gasteiger partial charge in [0, 0.05) is 29.2 Å². The average Bonchev–Trinajstić information content (AvgIpc) is 3.31. The minimum absolute atomic E-state index is 0.000185. The first-order chi connectivity index (χ1) is 14.6. The number of hydrogen-bond acceptors (Lipinski definition) is 4. The lowest BCUT2D eigenvalue weighted by Gasteiger charge is -2.31. The molecule has 0 aliphatic carbocycles. The summed E-state index contributed by atoms with van der Waals surface area (Å²) in [7, 11) is 0. The molecule has 1 aliphatic heterocycles. The quantitative estimate of drug-likeness (QED) is 0.498. The van der Waals surface area contributed by atoms with Crippen molar-refractivity contribution < 1.29 is 14.3 Å². The summed E-state index contributed by atoms with van der Waals surface area (Å²) < 4.78 is 6.80. The Kier molecular flexibility index (Phi) is 6.50. The number of halogens is 1. The van der Waals surface area contributed by atoms with E-state index in [1.165, 1.54) is 11.3 Å². The molecule has 1 fully saturated rings. The topological polar surface area (TPSA) is 58.6 Å². The van der Waals surface area contributed by atoms with Gasteiger partial charge in [0.1, 0.15) is 11.5 Å². The highest BCUT2D eigenvalue weighted by Gasteiger charge is 2.28. The van der Waals surface area contributed by atoms with Gasteiger partial charge in [-0.1, -0.05) is 22.0 Å². The first kappa shape index (κ1) is 20.6. The molecule has 0 radical (unpaired) electrons. The largest absolute Gasteiger partial charge is 0.457 e. The Bertz CT molecular complexity index is 996. The van der Waals surface area contributed by atoms with E-state index >= 15 is 0 Å².